The minimum Gasteiger partial charge on any atom is -0.480 e. The highest BCUT2D eigenvalue weighted by molar-refractivity contribution is 5.85. The number of carboxylic acid groups (broad SMARTS) is 1. The first-order valence-electron chi connectivity index (χ1n) is 7.35. The molecule has 1 amide bonds. The summed E-state index contributed by atoms with van der Waals surface area (Å²) in [5.41, 5.74) is 6.63. The molecule has 0 bridgehead atoms. The molecule has 21 heavy (non-hydrogen) atoms. The van der Waals surface area contributed by atoms with Crippen LogP contribution in [0.2, 0.25) is 0 Å². The zero-order valence-corrected chi connectivity index (χ0v) is 12.4. The molecule has 0 fully saturated rings. The van der Waals surface area contributed by atoms with Crippen molar-refractivity contribution in [2.45, 2.75) is 38.6 Å². The minimum atomic E-state index is -1.01. The molecule has 0 spiro atoms. The molecule has 5 heteroatoms. The largest absolute Gasteiger partial charge is 0.480 e. The maximum Gasteiger partial charge on any atom is 0.326 e. The Labute approximate surface area is 125 Å². The first-order chi connectivity index (χ1) is 10.1. The minimum absolute atomic E-state index is 0.241. The van der Waals surface area contributed by atoms with Crippen molar-refractivity contribution in [2.75, 3.05) is 6.54 Å². The Kier molecular flexibility index (Phi) is 7.46. The topological polar surface area (TPSA) is 92.4 Å². The second-order valence-corrected chi connectivity index (χ2v) is 5.14. The van der Waals surface area contributed by atoms with Crippen LogP contribution in [0.5, 0.6) is 0 Å². The summed E-state index contributed by atoms with van der Waals surface area (Å²) >= 11 is 0. The van der Waals surface area contributed by atoms with Crippen molar-refractivity contribution in [2.24, 2.45) is 11.7 Å². The van der Waals surface area contributed by atoms with Gasteiger partial charge in [0, 0.05) is 6.54 Å². The molecule has 116 valence electrons. The number of carbonyl (C=O) groups excluding carboxylic acids is 1. The Morgan fingerprint density at radius 3 is 2.43 bits per heavy atom. The number of hydrogen-bond acceptors (Lipinski definition) is 3. The Hall–Kier alpha value is -1.88. The van der Waals surface area contributed by atoms with Crippen molar-refractivity contribution < 1.29 is 14.7 Å². The van der Waals surface area contributed by atoms with E-state index in [4.69, 9.17) is 5.73 Å². The normalized spacial score (nSPS) is 13.4. The third-order valence-electron chi connectivity index (χ3n) is 3.47. The lowest BCUT2D eigenvalue weighted by Crippen LogP contribution is -2.45. The van der Waals surface area contributed by atoms with E-state index in [2.05, 4.69) is 5.32 Å². The highest BCUT2D eigenvalue weighted by Crippen LogP contribution is 2.08. The third kappa shape index (κ3) is 5.95. The number of benzene rings is 1. The number of aliphatic carboxylic acids is 1. The number of carbonyl (C=O) groups is 2. The Bertz CT molecular complexity index is 448. The van der Waals surface area contributed by atoms with Crippen molar-refractivity contribution in [1.29, 1.82) is 0 Å². The molecule has 0 heterocycles. The van der Waals surface area contributed by atoms with Crippen LogP contribution in [0.25, 0.3) is 0 Å². The van der Waals surface area contributed by atoms with Crippen LogP contribution in [0, 0.1) is 5.92 Å². The van der Waals surface area contributed by atoms with E-state index in [1.807, 2.05) is 37.3 Å². The molecule has 5 nitrogen and oxygen atoms in total. The standard InChI is InChI=1S/C16H24N2O3/c1-2-6-13(11-17)15(19)18-14(16(20)21)10-9-12-7-4-3-5-8-12/h3-5,7-8,13-14H,2,6,9-11,17H2,1H3,(H,18,19)(H,20,21)/t13?,14-/m0/s1. The van der Waals surface area contributed by atoms with Gasteiger partial charge in [-0.3, -0.25) is 4.79 Å². The second-order valence-electron chi connectivity index (χ2n) is 5.14. The van der Waals surface area contributed by atoms with Crippen LogP contribution in [0.3, 0.4) is 0 Å². The van der Waals surface area contributed by atoms with Gasteiger partial charge in [-0.25, -0.2) is 4.79 Å². The first kappa shape index (κ1) is 17.2. The van der Waals surface area contributed by atoms with E-state index >= 15 is 0 Å². The fourth-order valence-corrected chi connectivity index (χ4v) is 2.21. The van der Waals surface area contributed by atoms with E-state index in [-0.39, 0.29) is 18.4 Å². The smallest absolute Gasteiger partial charge is 0.326 e. The summed E-state index contributed by atoms with van der Waals surface area (Å²) in [5.74, 6) is -1.58. The van der Waals surface area contributed by atoms with E-state index in [1.165, 1.54) is 0 Å². The van der Waals surface area contributed by atoms with E-state index in [0.29, 0.717) is 19.3 Å². The summed E-state index contributed by atoms with van der Waals surface area (Å²) in [7, 11) is 0. The summed E-state index contributed by atoms with van der Waals surface area (Å²) in [5, 5.41) is 11.8. The lowest BCUT2D eigenvalue weighted by Gasteiger charge is -2.19. The van der Waals surface area contributed by atoms with Crippen LogP contribution in [0.1, 0.15) is 31.7 Å². The molecule has 0 aliphatic heterocycles. The van der Waals surface area contributed by atoms with Crippen LogP contribution in [-0.2, 0) is 16.0 Å². The average molecular weight is 292 g/mol. The summed E-state index contributed by atoms with van der Waals surface area (Å²) < 4.78 is 0. The van der Waals surface area contributed by atoms with E-state index in [9.17, 15) is 14.7 Å². The van der Waals surface area contributed by atoms with Gasteiger partial charge in [-0.2, -0.15) is 0 Å². The second kappa shape index (κ2) is 9.13. The molecule has 0 aliphatic carbocycles. The predicted molar refractivity (Wildman–Crippen MR) is 81.8 cm³/mol. The summed E-state index contributed by atoms with van der Waals surface area (Å²) in [4.78, 5) is 23.3. The van der Waals surface area contributed by atoms with Crippen molar-refractivity contribution in [3.8, 4) is 0 Å². The van der Waals surface area contributed by atoms with Gasteiger partial charge in [0.2, 0.25) is 5.91 Å². The third-order valence-corrected chi connectivity index (χ3v) is 3.47. The van der Waals surface area contributed by atoms with Gasteiger partial charge in [-0.1, -0.05) is 43.7 Å². The van der Waals surface area contributed by atoms with Gasteiger partial charge < -0.3 is 16.2 Å². The van der Waals surface area contributed by atoms with Crippen molar-refractivity contribution >= 4 is 11.9 Å². The van der Waals surface area contributed by atoms with Gasteiger partial charge in [0.05, 0.1) is 5.92 Å². The highest BCUT2D eigenvalue weighted by Gasteiger charge is 2.23. The van der Waals surface area contributed by atoms with Gasteiger partial charge in [0.1, 0.15) is 6.04 Å². The van der Waals surface area contributed by atoms with Crippen molar-refractivity contribution in [3.05, 3.63) is 35.9 Å². The molecule has 1 unspecified atom stereocenters. The Morgan fingerprint density at radius 2 is 1.90 bits per heavy atom. The molecule has 1 aromatic carbocycles. The zero-order chi connectivity index (χ0) is 15.7. The van der Waals surface area contributed by atoms with Gasteiger partial charge in [0.25, 0.3) is 0 Å². The molecule has 4 N–H and O–H groups in total. The predicted octanol–water partition coefficient (Wildman–Crippen LogP) is 1.56. The van der Waals surface area contributed by atoms with Crippen LogP contribution < -0.4 is 11.1 Å². The van der Waals surface area contributed by atoms with E-state index in [0.717, 1.165) is 12.0 Å². The molecule has 0 aliphatic rings. The summed E-state index contributed by atoms with van der Waals surface area (Å²) in [6.07, 6.45) is 2.50. The van der Waals surface area contributed by atoms with Crippen LogP contribution >= 0.6 is 0 Å². The molecule has 0 saturated heterocycles. The van der Waals surface area contributed by atoms with Crippen LogP contribution in [0.15, 0.2) is 30.3 Å². The Morgan fingerprint density at radius 1 is 1.24 bits per heavy atom. The first-order valence-corrected chi connectivity index (χ1v) is 7.35. The average Bonchev–Trinajstić information content (AvgIpc) is 2.49. The van der Waals surface area contributed by atoms with Gasteiger partial charge >= 0.3 is 5.97 Å². The number of nitrogens with two attached hydrogens (primary N) is 1. The van der Waals surface area contributed by atoms with Gasteiger partial charge in [-0.15, -0.1) is 0 Å². The molecule has 0 saturated carbocycles. The molecular formula is C16H24N2O3. The lowest BCUT2D eigenvalue weighted by atomic mass is 10.0. The molecular weight excluding hydrogens is 268 g/mol. The summed E-state index contributed by atoms with van der Waals surface area (Å²) in [6, 6.07) is 8.76. The van der Waals surface area contributed by atoms with Crippen LogP contribution in [-0.4, -0.2) is 29.6 Å². The molecule has 0 radical (unpaired) electrons. The maximum atomic E-state index is 12.0. The van der Waals surface area contributed by atoms with E-state index < -0.39 is 12.0 Å². The fourth-order valence-electron chi connectivity index (χ4n) is 2.21. The lowest BCUT2D eigenvalue weighted by molar-refractivity contribution is -0.142. The Balaban J connectivity index is 2.57. The fraction of sp³-hybridized carbons (Fsp3) is 0.500. The number of nitrogens with one attached hydrogen (secondary N) is 1. The van der Waals surface area contributed by atoms with Crippen molar-refractivity contribution in [1.82, 2.24) is 5.32 Å². The number of hydrogen-bond donors (Lipinski definition) is 3. The van der Waals surface area contributed by atoms with E-state index in [1.54, 1.807) is 0 Å². The molecule has 0 aromatic heterocycles. The number of amides is 1. The van der Waals surface area contributed by atoms with Gasteiger partial charge in [0.15, 0.2) is 0 Å². The van der Waals surface area contributed by atoms with Crippen molar-refractivity contribution in [3.63, 3.8) is 0 Å². The maximum absolute atomic E-state index is 12.0. The number of aryl methyl sites for hydroxylation is 1. The quantitative estimate of drug-likeness (QED) is 0.644. The number of rotatable bonds is 9. The monoisotopic (exact) mass is 292 g/mol. The van der Waals surface area contributed by atoms with Gasteiger partial charge in [-0.05, 0) is 24.8 Å². The number of carboxylic acids is 1. The molecule has 1 aromatic rings. The summed E-state index contributed by atoms with van der Waals surface area (Å²) in [6.45, 7) is 2.21. The van der Waals surface area contributed by atoms with Crippen LogP contribution in [0.4, 0.5) is 0 Å². The SMILES string of the molecule is CCCC(CN)C(=O)N[C@@H](CCc1ccccc1)C(=O)O. The molecule has 1 rings (SSSR count). The zero-order valence-electron chi connectivity index (χ0n) is 12.4. The molecule has 2 atom stereocenters. The highest BCUT2D eigenvalue weighted by atomic mass is 16.4.